The number of pyridine rings is 1. The lowest BCUT2D eigenvalue weighted by Crippen LogP contribution is -2.01. The summed E-state index contributed by atoms with van der Waals surface area (Å²) in [6.07, 6.45) is 1.67. The Labute approximate surface area is 92.8 Å². The summed E-state index contributed by atoms with van der Waals surface area (Å²) in [7, 11) is 2.94. The maximum atomic E-state index is 11.4. The Balaban J connectivity index is 2.63. The zero-order chi connectivity index (χ0) is 11.5. The molecule has 0 aliphatic rings. The van der Waals surface area contributed by atoms with Gasteiger partial charge in [0, 0.05) is 11.6 Å². The number of carbonyl (C=O) groups excluding carboxylic acids is 1. The Morgan fingerprint density at radius 1 is 1.25 bits per heavy atom. The molecule has 0 fully saturated rings. The summed E-state index contributed by atoms with van der Waals surface area (Å²) in [6, 6.07) is 6.92. The van der Waals surface area contributed by atoms with Gasteiger partial charge in [0.1, 0.15) is 5.75 Å². The van der Waals surface area contributed by atoms with Gasteiger partial charge < -0.3 is 9.47 Å². The first-order chi connectivity index (χ1) is 7.76. The third-order valence-corrected chi connectivity index (χ3v) is 2.34. The van der Waals surface area contributed by atoms with Crippen LogP contribution in [0.15, 0.2) is 30.5 Å². The number of fused-ring (bicyclic) bond motifs is 1. The fraction of sp³-hybridized carbons (Fsp3) is 0.167. The Bertz CT molecular complexity index is 537. The second-order valence-electron chi connectivity index (χ2n) is 3.24. The lowest BCUT2D eigenvalue weighted by molar-refractivity contribution is 0.0601. The van der Waals surface area contributed by atoms with Crippen molar-refractivity contribution in [2.24, 2.45) is 0 Å². The molecular formula is C12H11NO3. The van der Waals surface area contributed by atoms with Crippen LogP contribution in [0.3, 0.4) is 0 Å². The van der Waals surface area contributed by atoms with Crippen LogP contribution >= 0.6 is 0 Å². The maximum Gasteiger partial charge on any atom is 0.337 e. The molecule has 0 radical (unpaired) electrons. The highest BCUT2D eigenvalue weighted by atomic mass is 16.5. The standard InChI is InChI=1S/C12H11NO3/c1-15-11-5-6-13-10-4-3-8(7-9(10)11)12(14)16-2/h3-7H,1-2H3. The van der Waals surface area contributed by atoms with Crippen molar-refractivity contribution in [3.63, 3.8) is 0 Å². The molecule has 0 amide bonds. The average molecular weight is 217 g/mol. The zero-order valence-corrected chi connectivity index (χ0v) is 9.06. The Hall–Kier alpha value is -2.10. The Morgan fingerprint density at radius 2 is 2.06 bits per heavy atom. The van der Waals surface area contributed by atoms with E-state index in [1.807, 2.05) is 0 Å². The summed E-state index contributed by atoms with van der Waals surface area (Å²) >= 11 is 0. The van der Waals surface area contributed by atoms with Gasteiger partial charge in [-0.3, -0.25) is 4.98 Å². The molecule has 0 saturated heterocycles. The van der Waals surface area contributed by atoms with Crippen LogP contribution in [0.25, 0.3) is 10.9 Å². The number of ether oxygens (including phenoxy) is 2. The third kappa shape index (κ3) is 1.69. The molecule has 0 aliphatic heterocycles. The van der Waals surface area contributed by atoms with Gasteiger partial charge in [0.2, 0.25) is 0 Å². The topological polar surface area (TPSA) is 48.4 Å². The van der Waals surface area contributed by atoms with E-state index in [0.717, 1.165) is 10.9 Å². The lowest BCUT2D eigenvalue weighted by atomic mass is 10.1. The molecule has 4 nitrogen and oxygen atoms in total. The van der Waals surface area contributed by atoms with Crippen molar-refractivity contribution in [1.82, 2.24) is 4.98 Å². The van der Waals surface area contributed by atoms with E-state index in [-0.39, 0.29) is 5.97 Å². The fourth-order valence-electron chi connectivity index (χ4n) is 1.54. The van der Waals surface area contributed by atoms with Gasteiger partial charge in [0.15, 0.2) is 0 Å². The summed E-state index contributed by atoms with van der Waals surface area (Å²) in [5.41, 5.74) is 1.27. The number of aromatic nitrogens is 1. The van der Waals surface area contributed by atoms with Crippen LogP contribution < -0.4 is 4.74 Å². The van der Waals surface area contributed by atoms with E-state index in [4.69, 9.17) is 4.74 Å². The number of hydrogen-bond donors (Lipinski definition) is 0. The zero-order valence-electron chi connectivity index (χ0n) is 9.06. The monoisotopic (exact) mass is 217 g/mol. The van der Waals surface area contributed by atoms with Crippen molar-refractivity contribution in [2.45, 2.75) is 0 Å². The van der Waals surface area contributed by atoms with E-state index in [0.29, 0.717) is 11.3 Å². The maximum absolute atomic E-state index is 11.4. The first-order valence-corrected chi connectivity index (χ1v) is 4.77. The van der Waals surface area contributed by atoms with E-state index >= 15 is 0 Å². The third-order valence-electron chi connectivity index (χ3n) is 2.34. The van der Waals surface area contributed by atoms with Gasteiger partial charge in [0.25, 0.3) is 0 Å². The van der Waals surface area contributed by atoms with Gasteiger partial charge in [-0.25, -0.2) is 4.79 Å². The molecule has 1 aromatic carbocycles. The molecule has 1 heterocycles. The van der Waals surface area contributed by atoms with Crippen LogP contribution in [-0.4, -0.2) is 25.2 Å². The first kappa shape index (κ1) is 10.4. The molecule has 0 bridgehead atoms. The molecular weight excluding hydrogens is 206 g/mol. The van der Waals surface area contributed by atoms with Crippen LogP contribution in [0.2, 0.25) is 0 Å². The van der Waals surface area contributed by atoms with Crippen molar-refractivity contribution in [3.05, 3.63) is 36.0 Å². The molecule has 1 aromatic heterocycles. The van der Waals surface area contributed by atoms with Crippen molar-refractivity contribution in [3.8, 4) is 5.75 Å². The summed E-state index contributed by atoms with van der Waals surface area (Å²) in [6.45, 7) is 0. The van der Waals surface area contributed by atoms with E-state index in [2.05, 4.69) is 9.72 Å². The molecule has 16 heavy (non-hydrogen) atoms. The second-order valence-corrected chi connectivity index (χ2v) is 3.24. The summed E-state index contributed by atoms with van der Waals surface area (Å²) in [5, 5.41) is 0.799. The van der Waals surface area contributed by atoms with Gasteiger partial charge in [-0.15, -0.1) is 0 Å². The quantitative estimate of drug-likeness (QED) is 0.722. The summed E-state index contributed by atoms with van der Waals surface area (Å²) < 4.78 is 9.86. The minimum absolute atomic E-state index is 0.368. The van der Waals surface area contributed by atoms with Gasteiger partial charge in [-0.05, 0) is 24.3 Å². The summed E-state index contributed by atoms with van der Waals surface area (Å²) in [4.78, 5) is 15.6. The summed E-state index contributed by atoms with van der Waals surface area (Å²) in [5.74, 6) is 0.323. The molecule has 0 aliphatic carbocycles. The largest absolute Gasteiger partial charge is 0.496 e. The molecule has 0 unspecified atom stereocenters. The second kappa shape index (κ2) is 4.18. The number of rotatable bonds is 2. The minimum atomic E-state index is -0.368. The highest BCUT2D eigenvalue weighted by molar-refractivity contribution is 5.96. The predicted molar refractivity (Wildman–Crippen MR) is 59.6 cm³/mol. The van der Waals surface area contributed by atoms with Gasteiger partial charge in [-0.2, -0.15) is 0 Å². The van der Waals surface area contributed by atoms with Crippen LogP contribution in [0.4, 0.5) is 0 Å². The number of nitrogens with zero attached hydrogens (tertiary/aromatic N) is 1. The fourth-order valence-corrected chi connectivity index (χ4v) is 1.54. The number of hydrogen-bond acceptors (Lipinski definition) is 4. The van der Waals surface area contributed by atoms with Crippen molar-refractivity contribution < 1.29 is 14.3 Å². The normalized spacial score (nSPS) is 10.1. The molecule has 0 spiro atoms. The van der Waals surface area contributed by atoms with E-state index in [1.54, 1.807) is 37.6 Å². The van der Waals surface area contributed by atoms with Crippen molar-refractivity contribution in [2.75, 3.05) is 14.2 Å². The molecule has 0 saturated carbocycles. The van der Waals surface area contributed by atoms with Crippen LogP contribution in [0.1, 0.15) is 10.4 Å². The lowest BCUT2D eigenvalue weighted by Gasteiger charge is -2.05. The van der Waals surface area contributed by atoms with Gasteiger partial charge >= 0.3 is 5.97 Å². The molecule has 2 aromatic rings. The van der Waals surface area contributed by atoms with E-state index in [9.17, 15) is 4.79 Å². The molecule has 0 atom stereocenters. The number of methoxy groups -OCH3 is 2. The molecule has 82 valence electrons. The Morgan fingerprint density at radius 3 is 2.75 bits per heavy atom. The van der Waals surface area contributed by atoms with Crippen molar-refractivity contribution >= 4 is 16.9 Å². The van der Waals surface area contributed by atoms with E-state index < -0.39 is 0 Å². The SMILES string of the molecule is COC(=O)c1ccc2nccc(OC)c2c1. The van der Waals surface area contributed by atoms with Gasteiger partial charge in [0.05, 0.1) is 25.3 Å². The van der Waals surface area contributed by atoms with Crippen molar-refractivity contribution in [1.29, 1.82) is 0 Å². The van der Waals surface area contributed by atoms with Gasteiger partial charge in [-0.1, -0.05) is 0 Å². The smallest absolute Gasteiger partial charge is 0.337 e. The number of benzene rings is 1. The molecule has 2 rings (SSSR count). The predicted octanol–water partition coefficient (Wildman–Crippen LogP) is 2.03. The highest BCUT2D eigenvalue weighted by Gasteiger charge is 2.08. The molecule has 0 N–H and O–H groups in total. The first-order valence-electron chi connectivity index (χ1n) is 4.77. The Kier molecular flexibility index (Phi) is 2.72. The highest BCUT2D eigenvalue weighted by Crippen LogP contribution is 2.24. The number of carbonyl (C=O) groups is 1. The molecule has 4 heteroatoms. The van der Waals surface area contributed by atoms with Crippen LogP contribution in [0, 0.1) is 0 Å². The number of esters is 1. The van der Waals surface area contributed by atoms with Crippen LogP contribution in [-0.2, 0) is 4.74 Å². The van der Waals surface area contributed by atoms with Crippen LogP contribution in [0.5, 0.6) is 5.75 Å². The van der Waals surface area contributed by atoms with E-state index in [1.165, 1.54) is 7.11 Å². The average Bonchev–Trinajstić information content (AvgIpc) is 2.36. The minimum Gasteiger partial charge on any atom is -0.496 e.